The van der Waals surface area contributed by atoms with Crippen LogP contribution in [0.25, 0.3) is 0 Å². The van der Waals surface area contributed by atoms with Crippen molar-refractivity contribution in [2.75, 3.05) is 6.26 Å². The van der Waals surface area contributed by atoms with Crippen LogP contribution in [-0.4, -0.2) is 28.6 Å². The second kappa shape index (κ2) is 4.57. The predicted molar refractivity (Wildman–Crippen MR) is 43.2 cm³/mol. The molecule has 0 rings (SSSR count). The van der Waals surface area contributed by atoms with Crippen molar-refractivity contribution in [2.24, 2.45) is 5.73 Å². The Morgan fingerprint density at radius 3 is 2.60 bits per heavy atom. The van der Waals surface area contributed by atoms with Crippen LogP contribution in [0.5, 0.6) is 0 Å². The van der Waals surface area contributed by atoms with Gasteiger partial charge in [0.2, 0.25) is 0 Å². The molecule has 0 saturated heterocycles. The van der Waals surface area contributed by atoms with Crippen molar-refractivity contribution >= 4 is 17.7 Å². The van der Waals surface area contributed by atoms with Crippen LogP contribution in [0.15, 0.2) is 0 Å². The van der Waals surface area contributed by atoms with Crippen molar-refractivity contribution in [3.63, 3.8) is 0 Å². The summed E-state index contributed by atoms with van der Waals surface area (Å²) in [7, 11) is 0. The Kier molecular flexibility index (Phi) is 4.47. The fraction of sp³-hybridized carbons (Fsp3) is 0.833. The third-order valence-corrected chi connectivity index (χ3v) is 2.30. The minimum absolute atomic E-state index is 0.325. The van der Waals surface area contributed by atoms with Crippen molar-refractivity contribution in [2.45, 2.75) is 24.6 Å². The average molecular weight is 163 g/mol. The number of aliphatic carboxylic acids is 1. The molecule has 0 aromatic rings. The molecule has 60 valence electrons. The second-order valence-corrected chi connectivity index (χ2v) is 3.50. The molecule has 0 amide bonds. The third kappa shape index (κ3) is 3.74. The van der Waals surface area contributed by atoms with Gasteiger partial charge in [-0.2, -0.15) is 11.8 Å². The van der Waals surface area contributed by atoms with Gasteiger partial charge in [-0.3, -0.25) is 4.79 Å². The lowest BCUT2D eigenvalue weighted by molar-refractivity contribution is -0.138. The van der Waals surface area contributed by atoms with Gasteiger partial charge in [0.25, 0.3) is 0 Å². The Morgan fingerprint density at radius 1 is 1.80 bits per heavy atom. The summed E-state index contributed by atoms with van der Waals surface area (Å²) >= 11 is 1.63. The van der Waals surface area contributed by atoms with Crippen LogP contribution in [0.1, 0.15) is 13.3 Å². The van der Waals surface area contributed by atoms with Crippen LogP contribution in [0.4, 0.5) is 0 Å². The first-order valence-electron chi connectivity index (χ1n) is 3.09. The third-order valence-electron chi connectivity index (χ3n) is 1.31. The molecule has 0 unspecified atom stereocenters. The van der Waals surface area contributed by atoms with Gasteiger partial charge in [0, 0.05) is 5.25 Å². The average Bonchev–Trinajstić information content (AvgIpc) is 1.87. The monoisotopic (exact) mass is 163 g/mol. The predicted octanol–water partition coefficient (Wildman–Crippen LogP) is 0.540. The quantitative estimate of drug-likeness (QED) is 0.635. The second-order valence-electron chi connectivity index (χ2n) is 2.23. The molecule has 3 nitrogen and oxygen atoms in total. The first-order chi connectivity index (χ1) is 4.57. The van der Waals surface area contributed by atoms with E-state index in [1.165, 1.54) is 0 Å². The Hall–Kier alpha value is -0.220. The molecule has 0 aromatic carbocycles. The van der Waals surface area contributed by atoms with Gasteiger partial charge in [-0.15, -0.1) is 0 Å². The maximum atomic E-state index is 10.2. The van der Waals surface area contributed by atoms with Crippen LogP contribution in [0, 0.1) is 0 Å². The van der Waals surface area contributed by atoms with E-state index in [4.69, 9.17) is 10.8 Å². The molecule has 0 aliphatic carbocycles. The smallest absolute Gasteiger partial charge is 0.320 e. The van der Waals surface area contributed by atoms with Crippen molar-refractivity contribution in [1.29, 1.82) is 0 Å². The maximum absolute atomic E-state index is 10.2. The van der Waals surface area contributed by atoms with Gasteiger partial charge in [0.05, 0.1) is 0 Å². The summed E-state index contributed by atoms with van der Waals surface area (Å²) < 4.78 is 0. The molecule has 2 atom stereocenters. The molecule has 0 aromatic heterocycles. The molecule has 0 aliphatic heterocycles. The van der Waals surface area contributed by atoms with Crippen LogP contribution in [0.3, 0.4) is 0 Å². The van der Waals surface area contributed by atoms with Crippen molar-refractivity contribution in [3.8, 4) is 0 Å². The summed E-state index contributed by atoms with van der Waals surface area (Å²) in [5.74, 6) is -0.916. The maximum Gasteiger partial charge on any atom is 0.320 e. The van der Waals surface area contributed by atoms with Crippen molar-refractivity contribution in [3.05, 3.63) is 0 Å². The van der Waals surface area contributed by atoms with Crippen LogP contribution >= 0.6 is 11.8 Å². The topological polar surface area (TPSA) is 63.3 Å². The molecule has 0 bridgehead atoms. The van der Waals surface area contributed by atoms with E-state index in [0.717, 1.165) is 0 Å². The van der Waals surface area contributed by atoms with E-state index in [9.17, 15) is 4.79 Å². The number of hydrogen-bond acceptors (Lipinski definition) is 3. The number of hydrogen-bond donors (Lipinski definition) is 2. The van der Waals surface area contributed by atoms with E-state index in [1.54, 1.807) is 11.8 Å². The zero-order valence-corrected chi connectivity index (χ0v) is 7.02. The van der Waals surface area contributed by atoms with Crippen molar-refractivity contribution < 1.29 is 9.90 Å². The molecule has 3 N–H and O–H groups in total. The van der Waals surface area contributed by atoms with E-state index in [2.05, 4.69) is 0 Å². The highest BCUT2D eigenvalue weighted by molar-refractivity contribution is 7.99. The summed E-state index contributed by atoms with van der Waals surface area (Å²) in [5.41, 5.74) is 5.28. The van der Waals surface area contributed by atoms with Gasteiger partial charge in [-0.1, -0.05) is 6.92 Å². The highest BCUT2D eigenvalue weighted by Crippen LogP contribution is 2.10. The van der Waals surface area contributed by atoms with Gasteiger partial charge in [-0.25, -0.2) is 0 Å². The Balaban J connectivity index is 3.56. The summed E-state index contributed by atoms with van der Waals surface area (Å²) in [6.45, 7) is 1.97. The lowest BCUT2D eigenvalue weighted by Gasteiger charge is -2.10. The standard InChI is InChI=1S/C6H13NO2S/c1-4(10-2)3-5(7)6(8)9/h4-5H,3,7H2,1-2H3,(H,8,9)/t4-,5+/m1/s1. The number of rotatable bonds is 4. The lowest BCUT2D eigenvalue weighted by Crippen LogP contribution is -2.32. The number of carbonyl (C=O) groups is 1. The number of carboxylic acid groups (broad SMARTS) is 1. The summed E-state index contributed by atoms with van der Waals surface area (Å²) in [6, 6.07) is -0.706. The fourth-order valence-electron chi connectivity index (χ4n) is 0.555. The van der Waals surface area contributed by atoms with E-state index in [-0.39, 0.29) is 0 Å². The van der Waals surface area contributed by atoms with Crippen LogP contribution in [-0.2, 0) is 4.79 Å². The lowest BCUT2D eigenvalue weighted by atomic mass is 10.2. The Morgan fingerprint density at radius 2 is 2.30 bits per heavy atom. The summed E-state index contributed by atoms with van der Waals surface area (Å²) in [6.07, 6.45) is 2.48. The molecule has 4 heteroatoms. The molecule has 0 radical (unpaired) electrons. The highest BCUT2D eigenvalue weighted by atomic mass is 32.2. The molecule has 0 heterocycles. The van der Waals surface area contributed by atoms with Gasteiger partial charge in [-0.05, 0) is 12.7 Å². The molecular weight excluding hydrogens is 150 g/mol. The number of thioether (sulfide) groups is 1. The van der Waals surface area contributed by atoms with E-state index in [0.29, 0.717) is 11.7 Å². The minimum Gasteiger partial charge on any atom is -0.480 e. The zero-order valence-electron chi connectivity index (χ0n) is 6.20. The summed E-state index contributed by atoms with van der Waals surface area (Å²) in [5, 5.41) is 8.72. The number of carboxylic acids is 1. The molecular formula is C6H13NO2S. The molecule has 0 aliphatic rings. The first-order valence-corrected chi connectivity index (χ1v) is 4.38. The molecule has 0 fully saturated rings. The highest BCUT2D eigenvalue weighted by Gasteiger charge is 2.14. The minimum atomic E-state index is -0.916. The molecule has 0 saturated carbocycles. The van der Waals surface area contributed by atoms with Crippen molar-refractivity contribution in [1.82, 2.24) is 0 Å². The normalized spacial score (nSPS) is 16.3. The Labute approximate surface area is 65.0 Å². The fourth-order valence-corrected chi connectivity index (χ4v) is 0.954. The van der Waals surface area contributed by atoms with E-state index < -0.39 is 12.0 Å². The summed E-state index contributed by atoms with van der Waals surface area (Å²) in [4.78, 5) is 10.2. The number of nitrogens with two attached hydrogens (primary N) is 1. The zero-order chi connectivity index (χ0) is 8.15. The van der Waals surface area contributed by atoms with E-state index in [1.807, 2.05) is 13.2 Å². The van der Waals surface area contributed by atoms with E-state index >= 15 is 0 Å². The van der Waals surface area contributed by atoms with Gasteiger partial charge >= 0.3 is 5.97 Å². The van der Waals surface area contributed by atoms with Crippen LogP contribution in [0.2, 0.25) is 0 Å². The van der Waals surface area contributed by atoms with Gasteiger partial charge in [0.1, 0.15) is 6.04 Å². The van der Waals surface area contributed by atoms with Gasteiger partial charge in [0.15, 0.2) is 0 Å². The Bertz CT molecular complexity index is 118. The SMILES string of the molecule is CS[C@H](C)C[C@H](N)C(=O)O. The molecule has 0 spiro atoms. The molecule has 10 heavy (non-hydrogen) atoms. The van der Waals surface area contributed by atoms with Crippen LogP contribution < -0.4 is 5.73 Å². The first kappa shape index (κ1) is 9.78. The van der Waals surface area contributed by atoms with Gasteiger partial charge < -0.3 is 10.8 Å². The largest absolute Gasteiger partial charge is 0.480 e.